The molecule has 0 saturated heterocycles. The van der Waals surface area contributed by atoms with E-state index in [4.69, 9.17) is 4.74 Å². The Morgan fingerprint density at radius 1 is 1.25 bits per heavy atom. The topological polar surface area (TPSA) is 30.5 Å². The monoisotopic (exact) mass is 241 g/mol. The maximum atomic E-state index is 11.6. The summed E-state index contributed by atoms with van der Waals surface area (Å²) in [4.78, 5) is 0. The van der Waals surface area contributed by atoms with Crippen molar-refractivity contribution in [3.8, 4) is 0 Å². The van der Waals surface area contributed by atoms with E-state index >= 15 is 0 Å². The third-order valence-electron chi connectivity index (χ3n) is 2.84. The molecule has 1 aliphatic rings. The fourth-order valence-corrected chi connectivity index (χ4v) is 1.60. The molecule has 0 aromatic rings. The zero-order valence-corrected chi connectivity index (χ0v) is 9.40. The number of alkyl halides is 3. The van der Waals surface area contributed by atoms with E-state index in [0.717, 1.165) is 25.8 Å². The third kappa shape index (κ3) is 5.67. The number of hydrogen-bond donors (Lipinski definition) is 1. The molecular weight excluding hydrogens is 223 g/mol. The maximum Gasteiger partial charge on any atom is 0.522 e. The number of ether oxygens (including phenoxy) is 2. The minimum Gasteiger partial charge on any atom is -0.385 e. The molecule has 0 bridgehead atoms. The summed E-state index contributed by atoms with van der Waals surface area (Å²) in [5, 5.41) is 2.99. The molecule has 0 atom stereocenters. The van der Waals surface area contributed by atoms with Crippen molar-refractivity contribution in [3.63, 3.8) is 0 Å². The van der Waals surface area contributed by atoms with Crippen LogP contribution >= 0.6 is 0 Å². The van der Waals surface area contributed by atoms with Crippen molar-refractivity contribution in [2.75, 3.05) is 33.4 Å². The lowest BCUT2D eigenvalue weighted by Gasteiger charge is -2.15. The Bertz CT molecular complexity index is 205. The lowest BCUT2D eigenvalue weighted by atomic mass is 10.0. The Labute approximate surface area is 93.3 Å². The van der Waals surface area contributed by atoms with Crippen molar-refractivity contribution in [2.24, 2.45) is 5.41 Å². The molecular formula is C10H18F3NO2. The van der Waals surface area contributed by atoms with Gasteiger partial charge in [-0.15, -0.1) is 13.2 Å². The quantitative estimate of drug-likeness (QED) is 0.659. The number of hydrogen-bond acceptors (Lipinski definition) is 3. The molecule has 1 N–H and O–H groups in total. The molecule has 0 heterocycles. The van der Waals surface area contributed by atoms with Gasteiger partial charge >= 0.3 is 6.36 Å². The highest BCUT2D eigenvalue weighted by Gasteiger charge is 2.41. The summed E-state index contributed by atoms with van der Waals surface area (Å²) in [6, 6.07) is 0. The van der Waals surface area contributed by atoms with Gasteiger partial charge in [0.1, 0.15) is 0 Å². The van der Waals surface area contributed by atoms with Crippen molar-refractivity contribution < 1.29 is 22.6 Å². The minimum atomic E-state index is -4.52. The first-order valence-corrected chi connectivity index (χ1v) is 5.38. The van der Waals surface area contributed by atoms with Crippen LogP contribution in [0, 0.1) is 5.41 Å². The lowest BCUT2D eigenvalue weighted by molar-refractivity contribution is -0.323. The van der Waals surface area contributed by atoms with Crippen LogP contribution in [0.4, 0.5) is 13.2 Å². The van der Waals surface area contributed by atoms with Crippen molar-refractivity contribution in [3.05, 3.63) is 0 Å². The zero-order chi connectivity index (χ0) is 12.1. The van der Waals surface area contributed by atoms with Gasteiger partial charge in [-0.25, -0.2) is 0 Å². The van der Waals surface area contributed by atoms with Crippen LogP contribution in [-0.2, 0) is 9.47 Å². The van der Waals surface area contributed by atoms with Crippen LogP contribution < -0.4 is 5.32 Å². The molecule has 3 nitrogen and oxygen atoms in total. The van der Waals surface area contributed by atoms with E-state index in [2.05, 4.69) is 10.1 Å². The van der Waals surface area contributed by atoms with E-state index in [1.807, 2.05) is 0 Å². The third-order valence-corrected chi connectivity index (χ3v) is 2.84. The summed E-state index contributed by atoms with van der Waals surface area (Å²) in [5.74, 6) is 0. The second-order valence-electron chi connectivity index (χ2n) is 4.21. The molecule has 16 heavy (non-hydrogen) atoms. The Kier molecular flexibility index (Phi) is 5.01. The van der Waals surface area contributed by atoms with Gasteiger partial charge in [0.2, 0.25) is 0 Å². The van der Waals surface area contributed by atoms with Gasteiger partial charge < -0.3 is 10.1 Å². The van der Waals surface area contributed by atoms with Gasteiger partial charge in [0.05, 0.1) is 6.61 Å². The fourth-order valence-electron chi connectivity index (χ4n) is 1.60. The van der Waals surface area contributed by atoms with E-state index in [1.54, 1.807) is 7.11 Å². The van der Waals surface area contributed by atoms with Crippen molar-refractivity contribution in [1.82, 2.24) is 5.32 Å². The van der Waals surface area contributed by atoms with Gasteiger partial charge in [-0.3, -0.25) is 4.74 Å². The van der Waals surface area contributed by atoms with Crippen LogP contribution in [0.25, 0.3) is 0 Å². The van der Waals surface area contributed by atoms with Crippen LogP contribution in [0.15, 0.2) is 0 Å². The molecule has 1 fully saturated rings. The summed E-state index contributed by atoms with van der Waals surface area (Å²) >= 11 is 0. The largest absolute Gasteiger partial charge is 0.522 e. The highest BCUT2D eigenvalue weighted by Crippen LogP contribution is 2.48. The first-order valence-electron chi connectivity index (χ1n) is 5.38. The van der Waals surface area contributed by atoms with Crippen LogP contribution in [0.3, 0.4) is 0 Å². The zero-order valence-electron chi connectivity index (χ0n) is 9.40. The molecule has 0 spiro atoms. The average Bonchev–Trinajstić information content (AvgIpc) is 2.94. The molecule has 0 aromatic carbocycles. The van der Waals surface area contributed by atoms with E-state index in [1.165, 1.54) is 0 Å². The minimum absolute atomic E-state index is 0.230. The Balaban J connectivity index is 1.99. The number of methoxy groups -OCH3 is 1. The van der Waals surface area contributed by atoms with Gasteiger partial charge in [-0.1, -0.05) is 0 Å². The second kappa shape index (κ2) is 5.84. The number of nitrogens with one attached hydrogen (secondary N) is 1. The van der Waals surface area contributed by atoms with E-state index in [0.29, 0.717) is 6.61 Å². The van der Waals surface area contributed by atoms with Gasteiger partial charge in [-0.2, -0.15) is 0 Å². The molecule has 6 heteroatoms. The van der Waals surface area contributed by atoms with E-state index < -0.39 is 6.36 Å². The van der Waals surface area contributed by atoms with Gasteiger partial charge in [0.25, 0.3) is 0 Å². The predicted octanol–water partition coefficient (Wildman–Crippen LogP) is 1.93. The lowest BCUT2D eigenvalue weighted by Crippen LogP contribution is -2.29. The molecule has 0 aromatic heterocycles. The van der Waals surface area contributed by atoms with Crippen molar-refractivity contribution >= 4 is 0 Å². The summed E-state index contributed by atoms with van der Waals surface area (Å²) < 4.78 is 43.5. The highest BCUT2D eigenvalue weighted by molar-refractivity contribution is 4.94. The van der Waals surface area contributed by atoms with E-state index in [9.17, 15) is 13.2 Å². The second-order valence-corrected chi connectivity index (χ2v) is 4.21. The Morgan fingerprint density at radius 3 is 2.44 bits per heavy atom. The van der Waals surface area contributed by atoms with Crippen molar-refractivity contribution in [1.29, 1.82) is 0 Å². The smallest absolute Gasteiger partial charge is 0.385 e. The SMILES string of the molecule is COCCC1(CNCCOC(F)(F)F)CC1. The molecule has 0 radical (unpaired) electrons. The number of rotatable bonds is 8. The van der Waals surface area contributed by atoms with E-state index in [-0.39, 0.29) is 18.6 Å². The Morgan fingerprint density at radius 2 is 1.94 bits per heavy atom. The first kappa shape index (κ1) is 13.7. The van der Waals surface area contributed by atoms with Crippen LogP contribution in [-0.4, -0.2) is 39.8 Å². The first-order chi connectivity index (χ1) is 7.47. The molecule has 1 saturated carbocycles. The van der Waals surface area contributed by atoms with Crippen molar-refractivity contribution in [2.45, 2.75) is 25.6 Å². The molecule has 1 rings (SSSR count). The van der Waals surface area contributed by atoms with Crippen LogP contribution in [0.2, 0.25) is 0 Å². The summed E-state index contributed by atoms with van der Waals surface area (Å²) in [5.41, 5.74) is 0.258. The van der Waals surface area contributed by atoms with Crippen LogP contribution in [0.5, 0.6) is 0 Å². The fraction of sp³-hybridized carbons (Fsp3) is 1.00. The molecule has 0 aliphatic heterocycles. The van der Waals surface area contributed by atoms with Gasteiger partial charge in [0.15, 0.2) is 0 Å². The van der Waals surface area contributed by atoms with Gasteiger partial charge in [0, 0.05) is 26.8 Å². The molecule has 0 amide bonds. The number of halogens is 3. The summed E-state index contributed by atoms with van der Waals surface area (Å²) in [7, 11) is 1.65. The van der Waals surface area contributed by atoms with Crippen LogP contribution in [0.1, 0.15) is 19.3 Å². The standard InChI is InChI=1S/C10H18F3NO2/c1-15-6-4-9(2-3-9)8-14-5-7-16-10(11,12)13/h14H,2-8H2,1H3. The van der Waals surface area contributed by atoms with Gasteiger partial charge in [-0.05, 0) is 24.7 Å². The predicted molar refractivity (Wildman–Crippen MR) is 53.0 cm³/mol. The Hall–Kier alpha value is -0.330. The normalized spacial score (nSPS) is 18.8. The highest BCUT2D eigenvalue weighted by atomic mass is 19.4. The molecule has 1 aliphatic carbocycles. The summed E-state index contributed by atoms with van der Waals surface area (Å²) in [6.45, 7) is 1.36. The average molecular weight is 241 g/mol. The molecule has 0 unspecified atom stereocenters. The molecule has 96 valence electrons. The maximum absolute atomic E-state index is 11.6. The summed E-state index contributed by atoms with van der Waals surface area (Å²) in [6.07, 6.45) is -1.29.